The van der Waals surface area contributed by atoms with Crippen LogP contribution in [0.15, 0.2) is 48.5 Å². The van der Waals surface area contributed by atoms with Crippen molar-refractivity contribution in [2.24, 2.45) is 0 Å². The first-order valence-corrected chi connectivity index (χ1v) is 8.29. The lowest BCUT2D eigenvalue weighted by atomic mass is 10.1. The molecule has 0 heterocycles. The van der Waals surface area contributed by atoms with Crippen molar-refractivity contribution in [3.05, 3.63) is 59.1 Å². The predicted octanol–water partition coefficient (Wildman–Crippen LogP) is 3.68. The molecule has 2 N–H and O–H groups in total. The maximum atomic E-state index is 12.1. The van der Waals surface area contributed by atoms with Gasteiger partial charge in [0.15, 0.2) is 0 Å². The Morgan fingerprint density at radius 2 is 1.71 bits per heavy atom. The van der Waals surface area contributed by atoms with Gasteiger partial charge in [-0.2, -0.15) is 0 Å². The standard InChI is InChI=1S/C18H16ClF3N2O4/c1-27-15(13-4-2-3-5-14(13)19)10-23-16(25)17(26)24-11-6-8-12(9-7-11)28-18(20,21)22/h2-9,15H,10H2,1H3,(H,23,25)(H,24,26)/t15-/m0/s1. The lowest BCUT2D eigenvalue weighted by Gasteiger charge is -2.17. The number of anilines is 1. The van der Waals surface area contributed by atoms with Crippen molar-refractivity contribution in [1.29, 1.82) is 0 Å². The number of methoxy groups -OCH3 is 1. The van der Waals surface area contributed by atoms with Gasteiger partial charge in [0.25, 0.3) is 0 Å². The molecule has 150 valence electrons. The third kappa shape index (κ3) is 6.43. The van der Waals surface area contributed by atoms with Gasteiger partial charge >= 0.3 is 18.2 Å². The molecule has 0 fully saturated rings. The number of alkyl halides is 3. The molecule has 28 heavy (non-hydrogen) atoms. The predicted molar refractivity (Wildman–Crippen MR) is 96.0 cm³/mol. The second-order valence-electron chi connectivity index (χ2n) is 5.48. The molecule has 1 atom stereocenters. The molecule has 0 spiro atoms. The first-order chi connectivity index (χ1) is 13.2. The maximum absolute atomic E-state index is 12.1. The van der Waals surface area contributed by atoms with Crippen molar-refractivity contribution in [1.82, 2.24) is 5.32 Å². The lowest BCUT2D eigenvalue weighted by Crippen LogP contribution is -2.38. The van der Waals surface area contributed by atoms with Gasteiger partial charge in [-0.3, -0.25) is 9.59 Å². The fourth-order valence-corrected chi connectivity index (χ4v) is 2.51. The van der Waals surface area contributed by atoms with E-state index in [1.165, 1.54) is 19.2 Å². The fraction of sp³-hybridized carbons (Fsp3) is 0.222. The molecular formula is C18H16ClF3N2O4. The highest BCUT2D eigenvalue weighted by molar-refractivity contribution is 6.39. The summed E-state index contributed by atoms with van der Waals surface area (Å²) in [6, 6.07) is 11.3. The molecule has 0 aromatic heterocycles. The number of carbonyl (C=O) groups is 2. The molecule has 0 aliphatic carbocycles. The van der Waals surface area contributed by atoms with Crippen molar-refractivity contribution in [2.45, 2.75) is 12.5 Å². The monoisotopic (exact) mass is 416 g/mol. The minimum absolute atomic E-state index is 0.00908. The molecule has 0 unspecified atom stereocenters. The summed E-state index contributed by atoms with van der Waals surface area (Å²) in [5.41, 5.74) is 0.775. The summed E-state index contributed by atoms with van der Waals surface area (Å²) in [6.07, 6.45) is -5.38. The number of carbonyl (C=O) groups excluding carboxylic acids is 2. The van der Waals surface area contributed by atoms with Gasteiger partial charge < -0.3 is 20.1 Å². The molecule has 0 radical (unpaired) electrons. The first kappa shape index (κ1) is 21.5. The van der Waals surface area contributed by atoms with Crippen LogP contribution < -0.4 is 15.4 Å². The Labute approximate surface area is 163 Å². The first-order valence-electron chi connectivity index (χ1n) is 7.92. The Bertz CT molecular complexity index is 828. The van der Waals surface area contributed by atoms with Crippen molar-refractivity contribution in [2.75, 3.05) is 19.0 Å². The van der Waals surface area contributed by atoms with E-state index in [2.05, 4.69) is 15.4 Å². The molecule has 2 aromatic rings. The molecule has 2 rings (SSSR count). The van der Waals surface area contributed by atoms with Crippen LogP contribution in [0.4, 0.5) is 18.9 Å². The van der Waals surface area contributed by atoms with Gasteiger partial charge in [0, 0.05) is 29.9 Å². The molecule has 0 saturated carbocycles. The van der Waals surface area contributed by atoms with E-state index in [1.807, 2.05) is 0 Å². The number of hydrogen-bond donors (Lipinski definition) is 2. The van der Waals surface area contributed by atoms with Gasteiger partial charge in [0.05, 0.1) is 0 Å². The summed E-state index contributed by atoms with van der Waals surface area (Å²) >= 11 is 6.08. The lowest BCUT2D eigenvalue weighted by molar-refractivity contribution is -0.274. The number of nitrogens with one attached hydrogen (secondary N) is 2. The van der Waals surface area contributed by atoms with Gasteiger partial charge in [-0.05, 0) is 30.3 Å². The molecule has 6 nitrogen and oxygen atoms in total. The number of amides is 2. The van der Waals surface area contributed by atoms with Gasteiger partial charge in [0.2, 0.25) is 0 Å². The highest BCUT2D eigenvalue weighted by Crippen LogP contribution is 2.25. The summed E-state index contributed by atoms with van der Waals surface area (Å²) in [6.45, 7) is -0.00908. The van der Waals surface area contributed by atoms with Gasteiger partial charge in [0.1, 0.15) is 11.9 Å². The topological polar surface area (TPSA) is 76.7 Å². The Morgan fingerprint density at radius 1 is 1.07 bits per heavy atom. The van der Waals surface area contributed by atoms with Gasteiger partial charge in [-0.15, -0.1) is 13.2 Å². The molecular weight excluding hydrogens is 401 g/mol. The number of halogens is 4. The number of ether oxygens (including phenoxy) is 2. The Hall–Kier alpha value is -2.78. The molecule has 2 amide bonds. The summed E-state index contributed by atoms with van der Waals surface area (Å²) in [4.78, 5) is 23.9. The van der Waals surface area contributed by atoms with Crippen LogP contribution in [0.2, 0.25) is 5.02 Å². The smallest absolute Gasteiger partial charge is 0.406 e. The summed E-state index contributed by atoms with van der Waals surface area (Å²) in [5.74, 6) is -2.37. The van der Waals surface area contributed by atoms with E-state index in [4.69, 9.17) is 16.3 Å². The zero-order valence-electron chi connectivity index (χ0n) is 14.5. The molecule has 2 aromatic carbocycles. The van der Waals surface area contributed by atoms with Crippen molar-refractivity contribution in [3.63, 3.8) is 0 Å². The van der Waals surface area contributed by atoms with Crippen LogP contribution in [0.1, 0.15) is 11.7 Å². The van der Waals surface area contributed by atoms with Crippen molar-refractivity contribution in [3.8, 4) is 5.75 Å². The highest BCUT2D eigenvalue weighted by atomic mass is 35.5. The summed E-state index contributed by atoms with van der Waals surface area (Å²) < 4.78 is 45.4. The van der Waals surface area contributed by atoms with E-state index < -0.39 is 30.0 Å². The van der Waals surface area contributed by atoms with Gasteiger partial charge in [-0.25, -0.2) is 0 Å². The maximum Gasteiger partial charge on any atom is 0.573 e. The van der Waals surface area contributed by atoms with E-state index in [-0.39, 0.29) is 12.2 Å². The average molecular weight is 417 g/mol. The second kappa shape index (κ2) is 9.43. The molecule has 0 aliphatic heterocycles. The minimum atomic E-state index is -4.82. The van der Waals surface area contributed by atoms with Crippen LogP contribution in [-0.4, -0.2) is 31.8 Å². The SMILES string of the molecule is CO[C@@H](CNC(=O)C(=O)Nc1ccc(OC(F)(F)F)cc1)c1ccccc1Cl. The van der Waals surface area contributed by atoms with E-state index in [0.29, 0.717) is 10.6 Å². The zero-order chi connectivity index (χ0) is 20.7. The average Bonchev–Trinajstić information content (AvgIpc) is 2.63. The van der Waals surface area contributed by atoms with E-state index >= 15 is 0 Å². The zero-order valence-corrected chi connectivity index (χ0v) is 15.3. The fourth-order valence-electron chi connectivity index (χ4n) is 2.25. The Balaban J connectivity index is 1.90. The normalized spacial score (nSPS) is 12.2. The largest absolute Gasteiger partial charge is 0.573 e. The van der Waals surface area contributed by atoms with Crippen molar-refractivity contribution < 1.29 is 32.2 Å². The van der Waals surface area contributed by atoms with Gasteiger partial charge in [-0.1, -0.05) is 29.8 Å². The van der Waals surface area contributed by atoms with Crippen LogP contribution in [0.25, 0.3) is 0 Å². The quantitative estimate of drug-likeness (QED) is 0.704. The Kier molecular flexibility index (Phi) is 7.24. The number of rotatable bonds is 6. The number of benzene rings is 2. The highest BCUT2D eigenvalue weighted by Gasteiger charge is 2.31. The van der Waals surface area contributed by atoms with E-state index in [9.17, 15) is 22.8 Å². The summed E-state index contributed by atoms with van der Waals surface area (Å²) in [7, 11) is 1.44. The van der Waals surface area contributed by atoms with Crippen LogP contribution >= 0.6 is 11.6 Å². The van der Waals surface area contributed by atoms with Crippen LogP contribution in [0.3, 0.4) is 0 Å². The van der Waals surface area contributed by atoms with E-state index in [0.717, 1.165) is 12.1 Å². The van der Waals surface area contributed by atoms with E-state index in [1.54, 1.807) is 24.3 Å². The molecule has 10 heteroatoms. The molecule has 0 aliphatic rings. The van der Waals surface area contributed by atoms with Crippen LogP contribution in [-0.2, 0) is 14.3 Å². The molecule has 0 saturated heterocycles. The van der Waals surface area contributed by atoms with Crippen molar-refractivity contribution >= 4 is 29.1 Å². The van der Waals surface area contributed by atoms with Crippen LogP contribution in [0, 0.1) is 0 Å². The second-order valence-corrected chi connectivity index (χ2v) is 5.89. The molecule has 0 bridgehead atoms. The number of hydrogen-bond acceptors (Lipinski definition) is 4. The Morgan fingerprint density at radius 3 is 2.29 bits per heavy atom. The third-order valence-corrected chi connectivity index (χ3v) is 3.88. The summed E-state index contributed by atoms with van der Waals surface area (Å²) in [5, 5.41) is 5.14. The minimum Gasteiger partial charge on any atom is -0.406 e. The van der Waals surface area contributed by atoms with Crippen LogP contribution in [0.5, 0.6) is 5.75 Å². The third-order valence-electron chi connectivity index (χ3n) is 3.54.